The van der Waals surface area contributed by atoms with Crippen LogP contribution in [-0.4, -0.2) is 20.7 Å². The maximum Gasteiger partial charge on any atom is 0.275 e. The molecule has 0 aliphatic rings. The zero-order valence-electron chi connectivity index (χ0n) is 10.5. The third-order valence-corrected chi connectivity index (χ3v) is 2.94. The zero-order chi connectivity index (χ0) is 13.4. The monoisotopic (exact) mass is 256 g/mol. The van der Waals surface area contributed by atoms with E-state index in [9.17, 15) is 4.79 Å². The Morgan fingerprint density at radius 2 is 2.11 bits per heavy atom. The highest BCUT2D eigenvalue weighted by molar-refractivity contribution is 6.02. The van der Waals surface area contributed by atoms with Crippen molar-refractivity contribution in [1.82, 2.24) is 14.8 Å². The summed E-state index contributed by atoms with van der Waals surface area (Å²) in [6.07, 6.45) is 1.57. The molecule has 96 valence electrons. The quantitative estimate of drug-likeness (QED) is 0.761. The highest BCUT2D eigenvalue weighted by atomic mass is 16.5. The van der Waals surface area contributed by atoms with Gasteiger partial charge in [0.2, 0.25) is 0 Å². The van der Waals surface area contributed by atoms with Gasteiger partial charge in [0.1, 0.15) is 17.7 Å². The van der Waals surface area contributed by atoms with Gasteiger partial charge in [-0.1, -0.05) is 17.3 Å². The van der Waals surface area contributed by atoms with Crippen molar-refractivity contribution in [2.75, 3.05) is 5.43 Å². The fourth-order valence-electron chi connectivity index (χ4n) is 2.02. The Balaban J connectivity index is 1.96. The molecule has 0 spiro atoms. The fourth-order valence-corrected chi connectivity index (χ4v) is 2.02. The largest absolute Gasteiger partial charge is 0.361 e. The second kappa shape index (κ2) is 4.24. The summed E-state index contributed by atoms with van der Waals surface area (Å²) >= 11 is 0. The minimum Gasteiger partial charge on any atom is -0.361 e. The van der Waals surface area contributed by atoms with Crippen LogP contribution in [0, 0.1) is 13.8 Å². The maximum absolute atomic E-state index is 12.2. The Bertz CT molecular complexity index is 737. The first-order chi connectivity index (χ1) is 9.16. The first-order valence-electron chi connectivity index (χ1n) is 5.83. The lowest BCUT2D eigenvalue weighted by atomic mass is 10.2. The first kappa shape index (κ1) is 11.5. The van der Waals surface area contributed by atoms with Gasteiger partial charge in [0.15, 0.2) is 0 Å². The van der Waals surface area contributed by atoms with Crippen molar-refractivity contribution in [1.29, 1.82) is 0 Å². The Morgan fingerprint density at radius 3 is 2.84 bits per heavy atom. The van der Waals surface area contributed by atoms with Gasteiger partial charge in [0.05, 0.1) is 16.7 Å². The van der Waals surface area contributed by atoms with Gasteiger partial charge >= 0.3 is 0 Å². The summed E-state index contributed by atoms with van der Waals surface area (Å²) in [5, 5.41) is 3.77. The summed E-state index contributed by atoms with van der Waals surface area (Å²) < 4.78 is 6.57. The number of amides is 1. The van der Waals surface area contributed by atoms with Crippen LogP contribution in [0.1, 0.15) is 21.8 Å². The van der Waals surface area contributed by atoms with E-state index in [0.29, 0.717) is 17.0 Å². The van der Waals surface area contributed by atoms with Crippen LogP contribution in [0.25, 0.3) is 11.0 Å². The summed E-state index contributed by atoms with van der Waals surface area (Å²) in [6.45, 7) is 3.44. The van der Waals surface area contributed by atoms with Crippen LogP contribution in [0.2, 0.25) is 0 Å². The molecule has 1 amide bonds. The molecule has 2 heterocycles. The van der Waals surface area contributed by atoms with Crippen LogP contribution in [0.5, 0.6) is 0 Å². The molecule has 0 radical (unpaired) electrons. The normalized spacial score (nSPS) is 10.8. The third-order valence-electron chi connectivity index (χ3n) is 2.94. The molecule has 0 fully saturated rings. The molecule has 0 saturated carbocycles. The Morgan fingerprint density at radius 1 is 1.32 bits per heavy atom. The number of fused-ring (bicyclic) bond motifs is 1. The average Bonchev–Trinajstić information content (AvgIpc) is 2.94. The van der Waals surface area contributed by atoms with Crippen LogP contribution in [0.15, 0.2) is 35.1 Å². The van der Waals surface area contributed by atoms with E-state index in [0.717, 1.165) is 11.0 Å². The lowest BCUT2D eigenvalue weighted by Gasteiger charge is -2.06. The molecule has 3 aromatic rings. The molecule has 3 rings (SSSR count). The van der Waals surface area contributed by atoms with E-state index >= 15 is 0 Å². The highest BCUT2D eigenvalue weighted by Gasteiger charge is 2.18. The van der Waals surface area contributed by atoms with Gasteiger partial charge in [-0.05, 0) is 26.0 Å². The maximum atomic E-state index is 12.2. The molecule has 0 saturated heterocycles. The highest BCUT2D eigenvalue weighted by Crippen LogP contribution is 2.14. The molecule has 0 unspecified atom stereocenters. The number of imidazole rings is 1. The Hall–Kier alpha value is -2.63. The van der Waals surface area contributed by atoms with Crippen LogP contribution in [-0.2, 0) is 0 Å². The number of para-hydroxylation sites is 2. The smallest absolute Gasteiger partial charge is 0.275 e. The van der Waals surface area contributed by atoms with E-state index in [2.05, 4.69) is 15.6 Å². The minimum absolute atomic E-state index is 0.264. The molecule has 6 nitrogen and oxygen atoms in total. The number of benzene rings is 1. The van der Waals surface area contributed by atoms with Crippen molar-refractivity contribution >= 4 is 16.9 Å². The molecule has 0 aliphatic heterocycles. The number of nitrogens with zero attached hydrogens (tertiary/aromatic N) is 3. The number of nitrogens with one attached hydrogen (secondary N) is 1. The summed E-state index contributed by atoms with van der Waals surface area (Å²) in [5.74, 6) is 0.235. The van der Waals surface area contributed by atoms with Crippen molar-refractivity contribution in [2.45, 2.75) is 13.8 Å². The first-order valence-corrected chi connectivity index (χ1v) is 5.83. The standard InChI is InChI=1S/C13H12N4O2/c1-8-12(9(2)19-16-8)13(18)15-17-7-14-10-5-3-4-6-11(10)17/h3-7H,1-2H3,(H,15,18). The summed E-state index contributed by atoms with van der Waals surface area (Å²) in [4.78, 5) is 16.4. The number of rotatable bonds is 2. The average molecular weight is 256 g/mol. The molecule has 0 bridgehead atoms. The van der Waals surface area contributed by atoms with Gasteiger partial charge in [0, 0.05) is 0 Å². The van der Waals surface area contributed by atoms with Gasteiger partial charge < -0.3 is 4.52 Å². The minimum atomic E-state index is -0.264. The summed E-state index contributed by atoms with van der Waals surface area (Å²) in [7, 11) is 0. The number of hydrogen-bond acceptors (Lipinski definition) is 4. The van der Waals surface area contributed by atoms with E-state index in [1.54, 1.807) is 24.9 Å². The Labute approximate surface area is 109 Å². The van der Waals surface area contributed by atoms with Gasteiger partial charge in [-0.25, -0.2) is 9.66 Å². The molecule has 2 aromatic heterocycles. The van der Waals surface area contributed by atoms with Gasteiger partial charge in [-0.15, -0.1) is 0 Å². The lowest BCUT2D eigenvalue weighted by Crippen LogP contribution is -2.23. The topological polar surface area (TPSA) is 73.0 Å². The van der Waals surface area contributed by atoms with Crippen LogP contribution in [0.3, 0.4) is 0 Å². The second-order valence-corrected chi connectivity index (χ2v) is 4.24. The van der Waals surface area contributed by atoms with Gasteiger partial charge in [-0.3, -0.25) is 10.2 Å². The number of aromatic nitrogens is 3. The van der Waals surface area contributed by atoms with E-state index in [1.165, 1.54) is 0 Å². The van der Waals surface area contributed by atoms with E-state index in [4.69, 9.17) is 4.52 Å². The summed E-state index contributed by atoms with van der Waals surface area (Å²) in [6, 6.07) is 7.56. The second-order valence-electron chi connectivity index (χ2n) is 4.24. The van der Waals surface area contributed by atoms with Crippen molar-refractivity contribution in [3.8, 4) is 0 Å². The molecular formula is C13H12N4O2. The SMILES string of the molecule is Cc1noc(C)c1C(=O)Nn1cnc2ccccc21. The van der Waals surface area contributed by atoms with E-state index in [1.807, 2.05) is 24.3 Å². The van der Waals surface area contributed by atoms with Gasteiger partial charge in [-0.2, -0.15) is 0 Å². The van der Waals surface area contributed by atoms with Crippen LogP contribution in [0.4, 0.5) is 0 Å². The molecule has 0 aliphatic carbocycles. The van der Waals surface area contributed by atoms with Crippen LogP contribution >= 0.6 is 0 Å². The molecule has 19 heavy (non-hydrogen) atoms. The third kappa shape index (κ3) is 1.87. The lowest BCUT2D eigenvalue weighted by molar-refractivity contribution is 0.101. The van der Waals surface area contributed by atoms with Gasteiger partial charge in [0.25, 0.3) is 5.91 Å². The van der Waals surface area contributed by atoms with E-state index < -0.39 is 0 Å². The zero-order valence-corrected chi connectivity index (χ0v) is 10.5. The molecule has 6 heteroatoms. The molecular weight excluding hydrogens is 244 g/mol. The van der Waals surface area contributed by atoms with Crippen molar-refractivity contribution in [2.24, 2.45) is 0 Å². The number of aryl methyl sites for hydroxylation is 2. The number of hydrogen-bond donors (Lipinski definition) is 1. The van der Waals surface area contributed by atoms with Crippen molar-refractivity contribution in [3.05, 3.63) is 47.6 Å². The van der Waals surface area contributed by atoms with Crippen molar-refractivity contribution < 1.29 is 9.32 Å². The van der Waals surface area contributed by atoms with Crippen LogP contribution < -0.4 is 5.43 Å². The molecule has 1 N–H and O–H groups in total. The van der Waals surface area contributed by atoms with Crippen molar-refractivity contribution in [3.63, 3.8) is 0 Å². The predicted octanol–water partition coefficient (Wildman–Crippen LogP) is 2.03. The Kier molecular flexibility index (Phi) is 2.56. The molecule has 0 atom stereocenters. The van der Waals surface area contributed by atoms with E-state index in [-0.39, 0.29) is 5.91 Å². The number of carbonyl (C=O) groups is 1. The number of carbonyl (C=O) groups excluding carboxylic acids is 1. The summed E-state index contributed by atoms with van der Waals surface area (Å²) in [5.41, 5.74) is 5.45. The molecule has 1 aromatic carbocycles. The predicted molar refractivity (Wildman–Crippen MR) is 69.4 cm³/mol. The fraction of sp³-hybridized carbons (Fsp3) is 0.154.